The zero-order valence-corrected chi connectivity index (χ0v) is 17.2. The van der Waals surface area contributed by atoms with Gasteiger partial charge in [-0.05, 0) is 68.1 Å². The first-order valence-electron chi connectivity index (χ1n) is 10.2. The number of hydrogen-bond acceptors (Lipinski definition) is 6. The number of halogens is 2. The molecule has 1 saturated carbocycles. The van der Waals surface area contributed by atoms with Crippen LogP contribution in [0, 0.1) is 11.6 Å². The van der Waals surface area contributed by atoms with Crippen molar-refractivity contribution in [2.45, 2.75) is 31.8 Å². The second-order valence-electron chi connectivity index (χ2n) is 7.59. The first kappa shape index (κ1) is 21.5. The summed E-state index contributed by atoms with van der Waals surface area (Å²) in [4.78, 5) is 16.9. The highest BCUT2D eigenvalue weighted by atomic mass is 19.1. The SMILES string of the molecule is NNc1ccc(-c2ccc(F)c(C(=O)Nc3ccc(OC4CCCC4)c(F)c3)c2)nc1N. The predicted molar refractivity (Wildman–Crippen MR) is 119 cm³/mol. The van der Waals surface area contributed by atoms with Gasteiger partial charge < -0.3 is 21.2 Å². The summed E-state index contributed by atoms with van der Waals surface area (Å²) < 4.78 is 34.5. The first-order chi connectivity index (χ1) is 15.4. The molecule has 1 aliphatic rings. The molecule has 32 heavy (non-hydrogen) atoms. The standard InChI is InChI=1S/C23H23F2N5O2/c24-17-7-5-13(19-8-9-20(30-27)22(26)29-19)11-16(17)23(31)28-14-6-10-21(18(25)12-14)32-15-3-1-2-4-15/h5-12,15,30H,1-4,27H2,(H2,26,29)(H,28,31). The lowest BCUT2D eigenvalue weighted by Gasteiger charge is -2.14. The lowest BCUT2D eigenvalue weighted by Crippen LogP contribution is -2.15. The molecule has 6 N–H and O–H groups in total. The van der Waals surface area contributed by atoms with E-state index in [9.17, 15) is 13.6 Å². The molecular formula is C23H23F2N5O2. The molecule has 0 saturated heterocycles. The van der Waals surface area contributed by atoms with E-state index in [4.69, 9.17) is 16.3 Å². The number of hydrazine groups is 1. The van der Waals surface area contributed by atoms with E-state index in [0.717, 1.165) is 37.8 Å². The average molecular weight is 439 g/mol. The van der Waals surface area contributed by atoms with E-state index in [-0.39, 0.29) is 28.9 Å². The summed E-state index contributed by atoms with van der Waals surface area (Å²) in [7, 11) is 0. The molecule has 1 aliphatic carbocycles. The summed E-state index contributed by atoms with van der Waals surface area (Å²) >= 11 is 0. The number of nitrogens with zero attached hydrogens (tertiary/aromatic N) is 1. The minimum absolute atomic E-state index is 0.0131. The van der Waals surface area contributed by atoms with E-state index in [1.54, 1.807) is 12.1 Å². The molecule has 1 heterocycles. The third-order valence-electron chi connectivity index (χ3n) is 5.37. The summed E-state index contributed by atoms with van der Waals surface area (Å²) in [5, 5.41) is 2.52. The predicted octanol–water partition coefficient (Wildman–Crippen LogP) is 4.47. The van der Waals surface area contributed by atoms with Crippen LogP contribution in [0.25, 0.3) is 11.3 Å². The molecule has 1 fully saturated rings. The summed E-state index contributed by atoms with van der Waals surface area (Å²) in [5.41, 5.74) is 9.59. The highest BCUT2D eigenvalue weighted by Gasteiger charge is 2.19. The Morgan fingerprint density at radius 2 is 1.81 bits per heavy atom. The molecule has 0 spiro atoms. The van der Waals surface area contributed by atoms with Crippen molar-refractivity contribution in [3.8, 4) is 17.0 Å². The van der Waals surface area contributed by atoms with Crippen LogP contribution >= 0.6 is 0 Å². The number of carbonyl (C=O) groups is 1. The molecule has 0 atom stereocenters. The lowest BCUT2D eigenvalue weighted by molar-refractivity contribution is 0.102. The van der Waals surface area contributed by atoms with Gasteiger partial charge in [0.05, 0.1) is 23.0 Å². The van der Waals surface area contributed by atoms with Crippen LogP contribution in [0.5, 0.6) is 5.75 Å². The van der Waals surface area contributed by atoms with Crippen LogP contribution in [0.3, 0.4) is 0 Å². The van der Waals surface area contributed by atoms with Crippen LogP contribution < -0.4 is 27.1 Å². The zero-order valence-electron chi connectivity index (χ0n) is 17.2. The van der Waals surface area contributed by atoms with Crippen molar-refractivity contribution in [1.82, 2.24) is 4.98 Å². The number of nitrogen functional groups attached to an aromatic ring is 2. The van der Waals surface area contributed by atoms with Crippen molar-refractivity contribution in [3.05, 3.63) is 65.7 Å². The molecule has 0 bridgehead atoms. The van der Waals surface area contributed by atoms with Gasteiger partial charge in [-0.25, -0.2) is 13.8 Å². The molecule has 7 nitrogen and oxygen atoms in total. The van der Waals surface area contributed by atoms with Crippen LogP contribution in [0.15, 0.2) is 48.5 Å². The van der Waals surface area contributed by atoms with Crippen molar-refractivity contribution < 1.29 is 18.3 Å². The molecule has 1 aromatic heterocycles. The van der Waals surface area contributed by atoms with E-state index >= 15 is 0 Å². The Kier molecular flexibility index (Phi) is 6.18. The van der Waals surface area contributed by atoms with Crippen LogP contribution in [-0.4, -0.2) is 17.0 Å². The summed E-state index contributed by atoms with van der Waals surface area (Å²) in [6.45, 7) is 0. The maximum Gasteiger partial charge on any atom is 0.258 e. The summed E-state index contributed by atoms with van der Waals surface area (Å²) in [5.74, 6) is 3.63. The van der Waals surface area contributed by atoms with Gasteiger partial charge in [0.2, 0.25) is 0 Å². The number of amides is 1. The van der Waals surface area contributed by atoms with Gasteiger partial charge in [-0.15, -0.1) is 0 Å². The van der Waals surface area contributed by atoms with E-state index < -0.39 is 17.5 Å². The van der Waals surface area contributed by atoms with Crippen molar-refractivity contribution >= 4 is 23.1 Å². The summed E-state index contributed by atoms with van der Waals surface area (Å²) in [6.07, 6.45) is 3.96. The Bertz CT molecular complexity index is 1150. The number of nitrogens with two attached hydrogens (primary N) is 2. The first-order valence-corrected chi connectivity index (χ1v) is 10.2. The molecule has 0 radical (unpaired) electrons. The highest BCUT2D eigenvalue weighted by Crippen LogP contribution is 2.29. The van der Waals surface area contributed by atoms with Gasteiger partial charge in [0.1, 0.15) is 11.6 Å². The fourth-order valence-corrected chi connectivity index (χ4v) is 3.67. The van der Waals surface area contributed by atoms with Crippen molar-refractivity contribution in [2.75, 3.05) is 16.5 Å². The highest BCUT2D eigenvalue weighted by molar-refractivity contribution is 6.05. The van der Waals surface area contributed by atoms with Gasteiger partial charge in [0, 0.05) is 17.3 Å². The molecule has 0 aliphatic heterocycles. The van der Waals surface area contributed by atoms with Gasteiger partial charge in [-0.3, -0.25) is 10.6 Å². The number of carbonyl (C=O) groups excluding carboxylic acids is 1. The fraction of sp³-hybridized carbons (Fsp3) is 0.217. The number of rotatable bonds is 6. The molecule has 9 heteroatoms. The number of aromatic nitrogens is 1. The second-order valence-corrected chi connectivity index (χ2v) is 7.59. The smallest absolute Gasteiger partial charge is 0.258 e. The Morgan fingerprint density at radius 3 is 2.50 bits per heavy atom. The van der Waals surface area contributed by atoms with E-state index in [2.05, 4.69) is 15.7 Å². The lowest BCUT2D eigenvalue weighted by atomic mass is 10.1. The summed E-state index contributed by atoms with van der Waals surface area (Å²) in [6, 6.07) is 11.4. The molecule has 0 unspecified atom stereocenters. The van der Waals surface area contributed by atoms with Crippen LogP contribution in [0.2, 0.25) is 0 Å². The van der Waals surface area contributed by atoms with Crippen LogP contribution in [0.1, 0.15) is 36.0 Å². The number of ether oxygens (including phenoxy) is 1. The minimum Gasteiger partial charge on any atom is -0.487 e. The zero-order chi connectivity index (χ0) is 22.7. The number of benzene rings is 2. The fourth-order valence-electron chi connectivity index (χ4n) is 3.67. The second kappa shape index (κ2) is 9.19. The maximum absolute atomic E-state index is 14.4. The van der Waals surface area contributed by atoms with Gasteiger partial charge in [0.15, 0.2) is 11.6 Å². The van der Waals surface area contributed by atoms with Gasteiger partial charge in [-0.1, -0.05) is 0 Å². The Morgan fingerprint density at radius 1 is 1.03 bits per heavy atom. The number of pyridine rings is 1. The monoisotopic (exact) mass is 439 g/mol. The van der Waals surface area contributed by atoms with Gasteiger partial charge in [0.25, 0.3) is 5.91 Å². The van der Waals surface area contributed by atoms with Crippen molar-refractivity contribution in [1.29, 1.82) is 0 Å². The Labute approximate surface area is 183 Å². The minimum atomic E-state index is -0.721. The third kappa shape index (κ3) is 4.62. The largest absolute Gasteiger partial charge is 0.487 e. The number of anilines is 3. The van der Waals surface area contributed by atoms with E-state index in [1.807, 2.05) is 0 Å². The van der Waals surface area contributed by atoms with Crippen LogP contribution in [0.4, 0.5) is 26.0 Å². The molecule has 2 aromatic carbocycles. The molecule has 1 amide bonds. The third-order valence-corrected chi connectivity index (χ3v) is 5.37. The molecule has 166 valence electrons. The molecular weight excluding hydrogens is 416 g/mol. The van der Waals surface area contributed by atoms with Gasteiger partial charge in [-0.2, -0.15) is 0 Å². The molecule has 3 aromatic rings. The Hall–Kier alpha value is -3.72. The molecule has 4 rings (SSSR count). The van der Waals surface area contributed by atoms with E-state index in [0.29, 0.717) is 16.9 Å². The Balaban J connectivity index is 1.52. The van der Waals surface area contributed by atoms with Crippen molar-refractivity contribution in [2.24, 2.45) is 5.84 Å². The maximum atomic E-state index is 14.4. The normalized spacial score (nSPS) is 13.7. The van der Waals surface area contributed by atoms with Crippen LogP contribution in [-0.2, 0) is 0 Å². The number of nitrogens with one attached hydrogen (secondary N) is 2. The average Bonchev–Trinajstić information content (AvgIpc) is 3.29. The number of hydrogen-bond donors (Lipinski definition) is 4. The quantitative estimate of drug-likeness (QED) is 0.333. The van der Waals surface area contributed by atoms with Crippen molar-refractivity contribution in [3.63, 3.8) is 0 Å². The topological polar surface area (TPSA) is 115 Å². The van der Waals surface area contributed by atoms with Gasteiger partial charge >= 0.3 is 0 Å². The van der Waals surface area contributed by atoms with E-state index in [1.165, 1.54) is 24.3 Å².